The first-order chi connectivity index (χ1) is 4.30. The highest BCUT2D eigenvalue weighted by atomic mass is 16.2. The van der Waals surface area contributed by atoms with Gasteiger partial charge in [0.1, 0.15) is 0 Å². The Kier molecular flexibility index (Phi) is 2.02. The first-order valence-corrected chi connectivity index (χ1v) is 3.07. The predicted molar refractivity (Wildman–Crippen MR) is 33.1 cm³/mol. The van der Waals surface area contributed by atoms with Crippen LogP contribution in [0.4, 0.5) is 0 Å². The Morgan fingerprint density at radius 1 is 1.67 bits per heavy atom. The second-order valence-corrected chi connectivity index (χ2v) is 2.06. The fourth-order valence-electron chi connectivity index (χ4n) is 0.769. The average molecular weight is 129 g/mol. The lowest BCUT2D eigenvalue weighted by atomic mass is 10.4. The molecule has 1 aliphatic rings. The molecule has 1 fully saturated rings. The maximum atomic E-state index is 10.6. The van der Waals surface area contributed by atoms with E-state index in [2.05, 4.69) is 11.0 Å². The summed E-state index contributed by atoms with van der Waals surface area (Å²) in [6.45, 7) is 3.28. The van der Waals surface area contributed by atoms with Crippen LogP contribution < -0.4 is 11.0 Å². The van der Waals surface area contributed by atoms with Gasteiger partial charge in [-0.25, -0.2) is 5.43 Å². The van der Waals surface area contributed by atoms with E-state index in [1.165, 1.54) is 0 Å². The predicted octanol–water partition coefficient (Wildman–Crippen LogP) is -0.752. The lowest BCUT2D eigenvalue weighted by molar-refractivity contribution is -0.134. The molecule has 0 saturated carbocycles. The summed E-state index contributed by atoms with van der Waals surface area (Å²) in [6.07, 6.45) is 1.02. The van der Waals surface area contributed by atoms with Gasteiger partial charge in [0.05, 0.1) is 0 Å². The number of hydrazine groups is 2. The molecule has 0 radical (unpaired) electrons. The lowest BCUT2D eigenvalue weighted by Crippen LogP contribution is -2.54. The smallest absolute Gasteiger partial charge is 0.234 e. The third kappa shape index (κ3) is 1.65. The monoisotopic (exact) mass is 129 g/mol. The Morgan fingerprint density at radius 3 is 2.78 bits per heavy atom. The highest BCUT2D eigenvalue weighted by Crippen LogP contribution is 1.89. The molecule has 9 heavy (non-hydrogen) atoms. The molecule has 1 aliphatic heterocycles. The van der Waals surface area contributed by atoms with Gasteiger partial charge in [-0.15, -0.1) is 0 Å². The summed E-state index contributed by atoms with van der Waals surface area (Å²) in [5.41, 5.74) is 5.62. The van der Waals surface area contributed by atoms with Gasteiger partial charge < -0.3 is 0 Å². The molecular weight excluding hydrogens is 118 g/mol. The Morgan fingerprint density at radius 2 is 2.44 bits per heavy atom. The van der Waals surface area contributed by atoms with Crippen molar-refractivity contribution < 1.29 is 4.79 Å². The van der Waals surface area contributed by atoms with E-state index in [1.807, 2.05) is 0 Å². The number of amides is 1. The van der Waals surface area contributed by atoms with Gasteiger partial charge in [0, 0.05) is 20.0 Å². The maximum absolute atomic E-state index is 10.6. The SMILES string of the molecule is CC(=O)N1CCCNN1. The summed E-state index contributed by atoms with van der Waals surface area (Å²) < 4.78 is 0. The third-order valence-electron chi connectivity index (χ3n) is 1.28. The van der Waals surface area contributed by atoms with Crippen LogP contribution in [0.15, 0.2) is 0 Å². The largest absolute Gasteiger partial charge is 0.274 e. The average Bonchev–Trinajstić information content (AvgIpc) is 1.90. The normalized spacial score (nSPS) is 19.9. The van der Waals surface area contributed by atoms with Crippen LogP contribution in [-0.4, -0.2) is 24.0 Å². The minimum Gasteiger partial charge on any atom is -0.274 e. The van der Waals surface area contributed by atoms with E-state index in [-0.39, 0.29) is 5.91 Å². The van der Waals surface area contributed by atoms with Crippen LogP contribution in [-0.2, 0) is 4.79 Å². The highest BCUT2D eigenvalue weighted by molar-refractivity contribution is 5.72. The highest BCUT2D eigenvalue weighted by Gasteiger charge is 2.09. The standard InChI is InChI=1S/C5H11N3O/c1-5(9)8-4-2-3-6-7-8/h6-7H,2-4H2,1H3. The summed E-state index contributed by atoms with van der Waals surface area (Å²) in [5, 5.41) is 1.56. The quantitative estimate of drug-likeness (QED) is 0.452. The molecule has 52 valence electrons. The number of carbonyl (C=O) groups excluding carboxylic acids is 1. The number of rotatable bonds is 0. The van der Waals surface area contributed by atoms with Crippen LogP contribution in [0.2, 0.25) is 0 Å². The molecule has 4 nitrogen and oxygen atoms in total. The van der Waals surface area contributed by atoms with Crippen molar-refractivity contribution >= 4 is 5.91 Å². The van der Waals surface area contributed by atoms with Crippen LogP contribution in [0.1, 0.15) is 13.3 Å². The summed E-state index contributed by atoms with van der Waals surface area (Å²) in [7, 11) is 0. The van der Waals surface area contributed by atoms with Gasteiger partial charge in [-0.3, -0.25) is 9.80 Å². The van der Waals surface area contributed by atoms with E-state index in [0.29, 0.717) is 0 Å². The van der Waals surface area contributed by atoms with E-state index < -0.39 is 0 Å². The van der Waals surface area contributed by atoms with E-state index in [9.17, 15) is 4.79 Å². The van der Waals surface area contributed by atoms with Gasteiger partial charge in [0.25, 0.3) is 0 Å². The minimum absolute atomic E-state index is 0.0576. The topological polar surface area (TPSA) is 44.4 Å². The van der Waals surface area contributed by atoms with Gasteiger partial charge in [-0.2, -0.15) is 5.53 Å². The molecule has 0 aromatic heterocycles. The molecule has 0 bridgehead atoms. The summed E-state index contributed by atoms with van der Waals surface area (Å²) in [4.78, 5) is 10.6. The zero-order valence-electron chi connectivity index (χ0n) is 5.48. The molecule has 0 aromatic carbocycles. The van der Waals surface area contributed by atoms with Crippen molar-refractivity contribution in [2.24, 2.45) is 0 Å². The molecular formula is C5H11N3O. The fraction of sp³-hybridized carbons (Fsp3) is 0.800. The first kappa shape index (κ1) is 6.51. The van der Waals surface area contributed by atoms with Crippen molar-refractivity contribution in [2.45, 2.75) is 13.3 Å². The number of carbonyl (C=O) groups is 1. The molecule has 0 aromatic rings. The Labute approximate surface area is 54.2 Å². The molecule has 0 aliphatic carbocycles. The van der Waals surface area contributed by atoms with Gasteiger partial charge in [0.15, 0.2) is 0 Å². The summed E-state index contributed by atoms with van der Waals surface area (Å²) >= 11 is 0. The van der Waals surface area contributed by atoms with Crippen LogP contribution >= 0.6 is 0 Å². The zero-order chi connectivity index (χ0) is 6.69. The van der Waals surface area contributed by atoms with Gasteiger partial charge in [-0.05, 0) is 6.42 Å². The number of nitrogens with one attached hydrogen (secondary N) is 2. The molecule has 0 atom stereocenters. The number of hydrogen-bond acceptors (Lipinski definition) is 3. The van der Waals surface area contributed by atoms with Crippen molar-refractivity contribution in [2.75, 3.05) is 13.1 Å². The Hall–Kier alpha value is -0.610. The van der Waals surface area contributed by atoms with Gasteiger partial charge in [-0.1, -0.05) is 0 Å². The molecule has 0 spiro atoms. The fourth-order valence-corrected chi connectivity index (χ4v) is 0.769. The van der Waals surface area contributed by atoms with Crippen LogP contribution in [0.3, 0.4) is 0 Å². The molecule has 1 rings (SSSR count). The zero-order valence-corrected chi connectivity index (χ0v) is 5.48. The second kappa shape index (κ2) is 2.80. The van der Waals surface area contributed by atoms with Gasteiger partial charge in [0.2, 0.25) is 5.91 Å². The first-order valence-electron chi connectivity index (χ1n) is 3.07. The van der Waals surface area contributed by atoms with Crippen molar-refractivity contribution in [1.82, 2.24) is 16.0 Å². The van der Waals surface area contributed by atoms with Crippen LogP contribution in [0, 0.1) is 0 Å². The molecule has 2 N–H and O–H groups in total. The van der Waals surface area contributed by atoms with Crippen molar-refractivity contribution in [1.29, 1.82) is 0 Å². The molecule has 1 heterocycles. The lowest BCUT2D eigenvalue weighted by Gasteiger charge is -2.26. The molecule has 1 amide bonds. The molecule has 0 unspecified atom stereocenters. The van der Waals surface area contributed by atoms with Crippen molar-refractivity contribution in [3.8, 4) is 0 Å². The van der Waals surface area contributed by atoms with Crippen molar-refractivity contribution in [3.63, 3.8) is 0 Å². The molecule has 1 saturated heterocycles. The third-order valence-corrected chi connectivity index (χ3v) is 1.28. The maximum Gasteiger partial charge on any atom is 0.234 e. The van der Waals surface area contributed by atoms with Crippen molar-refractivity contribution in [3.05, 3.63) is 0 Å². The summed E-state index contributed by atoms with van der Waals surface area (Å²) in [6, 6.07) is 0. The second-order valence-electron chi connectivity index (χ2n) is 2.06. The van der Waals surface area contributed by atoms with E-state index in [0.717, 1.165) is 19.5 Å². The number of hydrogen-bond donors (Lipinski definition) is 2. The van der Waals surface area contributed by atoms with Gasteiger partial charge >= 0.3 is 0 Å². The minimum atomic E-state index is 0.0576. The van der Waals surface area contributed by atoms with Crippen LogP contribution in [0.25, 0.3) is 0 Å². The summed E-state index contributed by atoms with van der Waals surface area (Å²) in [5.74, 6) is 0.0576. The van der Waals surface area contributed by atoms with E-state index in [1.54, 1.807) is 11.9 Å². The van der Waals surface area contributed by atoms with Crippen LogP contribution in [0.5, 0.6) is 0 Å². The van der Waals surface area contributed by atoms with E-state index >= 15 is 0 Å². The Balaban J connectivity index is 2.31. The Bertz CT molecular complexity index is 109. The number of nitrogens with zero attached hydrogens (tertiary/aromatic N) is 1. The molecule has 4 heteroatoms. The van der Waals surface area contributed by atoms with E-state index in [4.69, 9.17) is 0 Å².